The van der Waals surface area contributed by atoms with E-state index in [1.807, 2.05) is 37.3 Å². The Morgan fingerprint density at radius 2 is 1.41 bits per heavy atom. The number of esters is 1. The van der Waals surface area contributed by atoms with Crippen LogP contribution in [0, 0.1) is 11.8 Å². The van der Waals surface area contributed by atoms with Gasteiger partial charge in [0.15, 0.2) is 12.1 Å². The Morgan fingerprint density at radius 1 is 0.771 bits per heavy atom. The van der Waals surface area contributed by atoms with E-state index in [2.05, 4.69) is 15.3 Å². The molecule has 14 N–H and O–H groups in total. The smallest absolute Gasteiger partial charge is 0.308 e. The molecule has 1 aromatic heterocycles. The molecule has 2 fully saturated rings. The number of carbonyl (C=O) groups excluding carboxylic acids is 2. The first-order valence-electron chi connectivity index (χ1n) is 24.0. The number of aliphatic hydroxyl groups excluding tert-OH is 9. The van der Waals surface area contributed by atoms with Gasteiger partial charge in [-0.3, -0.25) is 9.59 Å². The maximum absolute atomic E-state index is 13.8. The molecule has 2 saturated heterocycles. The van der Waals surface area contributed by atoms with Gasteiger partial charge in [-0.2, -0.15) is 0 Å². The van der Waals surface area contributed by atoms with Gasteiger partial charge in [-0.25, -0.2) is 4.98 Å². The van der Waals surface area contributed by atoms with Crippen LogP contribution in [-0.2, 0) is 35.0 Å². The van der Waals surface area contributed by atoms with Gasteiger partial charge < -0.3 is 86.0 Å². The molecule has 20 nitrogen and oxygen atoms in total. The maximum atomic E-state index is 13.8. The van der Waals surface area contributed by atoms with Crippen LogP contribution in [0.4, 0.5) is 0 Å². The first-order valence-corrected chi connectivity index (χ1v) is 24.0. The summed E-state index contributed by atoms with van der Waals surface area (Å²) in [7, 11) is 0. The van der Waals surface area contributed by atoms with E-state index in [9.17, 15) is 60.7 Å². The van der Waals surface area contributed by atoms with Gasteiger partial charge in [-0.1, -0.05) is 92.0 Å². The van der Waals surface area contributed by atoms with Crippen molar-refractivity contribution in [3.63, 3.8) is 0 Å². The molecule has 7 unspecified atom stereocenters. The highest BCUT2D eigenvalue weighted by atomic mass is 16.7. The number of carbonyl (C=O) groups is 2. The second-order valence-corrected chi connectivity index (χ2v) is 18.5. The lowest BCUT2D eigenvalue weighted by molar-refractivity contribution is -0.304. The average Bonchev–Trinajstić information content (AvgIpc) is 3.81. The van der Waals surface area contributed by atoms with Gasteiger partial charge in [0, 0.05) is 57.2 Å². The van der Waals surface area contributed by atoms with Crippen molar-refractivity contribution in [2.45, 2.75) is 169 Å². The number of imidazole rings is 1. The lowest BCUT2D eigenvalue weighted by Gasteiger charge is -2.45. The summed E-state index contributed by atoms with van der Waals surface area (Å²) in [4.78, 5) is 33.4. The molecule has 0 spiro atoms. The number of allylic oxidation sites excluding steroid dienone is 12. The Labute approximate surface area is 409 Å². The van der Waals surface area contributed by atoms with Crippen molar-refractivity contribution in [3.05, 3.63) is 103 Å². The molecule has 20 heteroatoms. The highest BCUT2D eigenvalue weighted by molar-refractivity contribution is 5.80. The summed E-state index contributed by atoms with van der Waals surface area (Å²) in [5.74, 6) is -5.16. The van der Waals surface area contributed by atoms with Crippen LogP contribution in [0.5, 0.6) is 0 Å². The molecule has 2 bridgehead atoms. The van der Waals surface area contributed by atoms with Crippen LogP contribution in [-0.4, -0.2) is 177 Å². The third kappa shape index (κ3) is 20.5. The predicted octanol–water partition coefficient (Wildman–Crippen LogP) is 0.0746. The van der Waals surface area contributed by atoms with Gasteiger partial charge in [-0.05, 0) is 26.2 Å². The van der Waals surface area contributed by atoms with Gasteiger partial charge in [-0.15, -0.1) is 0 Å². The topological polar surface area (TPSA) is 340 Å². The number of nitrogens with one attached hydrogen (secondary N) is 2. The molecule has 0 radical (unpaired) electrons. The fourth-order valence-corrected chi connectivity index (χ4v) is 8.37. The van der Waals surface area contributed by atoms with Crippen LogP contribution in [0.15, 0.2) is 97.6 Å². The largest absolute Gasteiger partial charge is 0.462 e. The highest BCUT2D eigenvalue weighted by Gasteiger charge is 2.50. The van der Waals surface area contributed by atoms with Crippen molar-refractivity contribution in [3.8, 4) is 0 Å². The van der Waals surface area contributed by atoms with Crippen molar-refractivity contribution in [1.29, 1.82) is 0 Å². The van der Waals surface area contributed by atoms with Gasteiger partial charge in [0.2, 0.25) is 5.91 Å². The summed E-state index contributed by atoms with van der Waals surface area (Å²) in [5, 5.41) is 112. The second kappa shape index (κ2) is 30.0. The fraction of sp³-hybridized carbons (Fsp3) is 0.620. The van der Waals surface area contributed by atoms with Gasteiger partial charge in [0.25, 0.3) is 0 Å². The Bertz CT molecular complexity index is 1910. The zero-order valence-electron chi connectivity index (χ0n) is 39.9. The van der Waals surface area contributed by atoms with Crippen LogP contribution in [0.25, 0.3) is 0 Å². The quantitative estimate of drug-likeness (QED) is 0.168. The van der Waals surface area contributed by atoms with E-state index in [-0.39, 0.29) is 51.2 Å². The number of rotatable bonds is 6. The van der Waals surface area contributed by atoms with E-state index in [1.54, 1.807) is 67.8 Å². The third-order valence-electron chi connectivity index (χ3n) is 12.3. The third-order valence-corrected chi connectivity index (χ3v) is 12.3. The normalized spacial score (nSPS) is 40.9. The molecule has 4 rings (SSSR count). The molecule has 17 atom stereocenters. The molecule has 0 saturated carbocycles. The van der Waals surface area contributed by atoms with Crippen molar-refractivity contribution in [2.24, 2.45) is 17.6 Å². The Morgan fingerprint density at radius 3 is 2.06 bits per heavy atom. The van der Waals surface area contributed by atoms with Crippen molar-refractivity contribution in [1.82, 2.24) is 15.3 Å². The highest BCUT2D eigenvalue weighted by Crippen LogP contribution is 2.38. The minimum absolute atomic E-state index is 0.0946. The molecular weight excluding hydrogens is 913 g/mol. The maximum Gasteiger partial charge on any atom is 0.308 e. The van der Waals surface area contributed by atoms with E-state index >= 15 is 0 Å². The van der Waals surface area contributed by atoms with E-state index in [0.717, 1.165) is 0 Å². The number of amides is 1. The van der Waals surface area contributed by atoms with Crippen molar-refractivity contribution < 1.29 is 79.6 Å². The SMILES string of the molecule is C[C@H]1C[C@H](O)[C@@H](C)/C=C/C=C/C=C/C=C/C=C/C=C/C=C/C(O[C@@H]2OC[C@@H](O)[C@H](N)[C@@H]2O)C[C@@H]2OC(O)(CC(O)CC(O)C(O)CCC(O)CC(O)CC(=O)O1)C[C@H](O)[C@H]2C(=O)NCCc1c[nH]cn1. The monoisotopic (exact) mass is 989 g/mol. The average molecular weight is 989 g/mol. The zero-order chi connectivity index (χ0) is 51.2. The molecule has 0 aliphatic carbocycles. The molecule has 4 heterocycles. The second-order valence-electron chi connectivity index (χ2n) is 18.5. The molecule has 3 aliphatic heterocycles. The van der Waals surface area contributed by atoms with E-state index in [0.29, 0.717) is 12.1 Å². The van der Waals surface area contributed by atoms with Crippen LogP contribution in [0.2, 0.25) is 0 Å². The molecule has 1 aromatic rings. The predicted molar refractivity (Wildman–Crippen MR) is 256 cm³/mol. The van der Waals surface area contributed by atoms with Crippen LogP contribution in [0.3, 0.4) is 0 Å². The van der Waals surface area contributed by atoms with E-state index in [4.69, 9.17) is 24.7 Å². The van der Waals surface area contributed by atoms with Crippen molar-refractivity contribution in [2.75, 3.05) is 13.2 Å². The lowest BCUT2D eigenvalue weighted by atomic mass is 9.82. The summed E-state index contributed by atoms with van der Waals surface area (Å²) in [6.45, 7) is 3.35. The summed E-state index contributed by atoms with van der Waals surface area (Å²) < 4.78 is 23.4. The number of aliphatic hydroxyl groups is 10. The zero-order valence-corrected chi connectivity index (χ0v) is 39.9. The van der Waals surface area contributed by atoms with Gasteiger partial charge in [0.05, 0.1) is 98.0 Å². The molecule has 0 aromatic carbocycles. The minimum atomic E-state index is -2.28. The van der Waals surface area contributed by atoms with Gasteiger partial charge in [0.1, 0.15) is 12.2 Å². The standard InChI is InChI=1S/C50H76N4O16/c1-31-15-13-11-9-7-5-3-4-6-8-10-12-14-16-37(69-49-47(64)46(51)42(62)29-67-49)25-43-45(48(65)53-20-19-33-28-52-30-54-33)41(61)27-50(66,70-43)26-36(57)23-40(60)38(58)18-17-34(55)22-35(56)24-44(63)68-32(2)21-39(31)59/h3-16,28,30-32,34-43,45-47,49,55-62,64,66H,17-27,29,51H2,1-2H3,(H,52,54)(H,53,65)/b4-3+,7-5+,8-6+,11-9+,12-10+,15-13+,16-14+/t31-,32-,34?,35?,36?,37?,38?,39-,40?,41-,42+,43-,45+,46-,47-,49-,50?/m0/s1. The molecule has 392 valence electrons. The number of hydrogen-bond acceptors (Lipinski definition) is 18. The van der Waals surface area contributed by atoms with Crippen molar-refractivity contribution >= 4 is 11.9 Å². The molecular formula is C50H76N4O16. The van der Waals surface area contributed by atoms with Crippen LogP contribution < -0.4 is 11.1 Å². The van der Waals surface area contributed by atoms with E-state index in [1.165, 1.54) is 6.33 Å². The minimum Gasteiger partial charge on any atom is -0.462 e. The number of ether oxygens (including phenoxy) is 4. The number of nitrogens with zero attached hydrogens (tertiary/aromatic N) is 1. The number of aromatic nitrogens is 2. The summed E-state index contributed by atoms with van der Waals surface area (Å²) >= 11 is 0. The number of hydrogen-bond donors (Lipinski definition) is 13. The number of aromatic amines is 1. The molecule has 3 aliphatic rings. The number of H-pyrrole nitrogens is 1. The van der Waals surface area contributed by atoms with Gasteiger partial charge >= 0.3 is 5.97 Å². The molecule has 70 heavy (non-hydrogen) atoms. The lowest BCUT2D eigenvalue weighted by Crippen LogP contribution is -2.59. The Hall–Kier alpha value is -4.23. The first-order chi connectivity index (χ1) is 33.3. The van der Waals surface area contributed by atoms with Crippen LogP contribution >= 0.6 is 0 Å². The fourth-order valence-electron chi connectivity index (χ4n) is 8.37. The van der Waals surface area contributed by atoms with E-state index < -0.39 is 135 Å². The summed E-state index contributed by atoms with van der Waals surface area (Å²) in [6, 6.07) is -1.11. The summed E-state index contributed by atoms with van der Waals surface area (Å²) in [5.41, 5.74) is 6.70. The summed E-state index contributed by atoms with van der Waals surface area (Å²) in [6.07, 6.45) is 9.26. The number of nitrogens with two attached hydrogens (primary N) is 1. The Kier molecular flexibility index (Phi) is 25.0. The molecule has 1 amide bonds. The van der Waals surface area contributed by atoms with Crippen LogP contribution in [0.1, 0.15) is 77.3 Å². The first kappa shape index (κ1) is 58.3. The number of fused-ring (bicyclic) bond motifs is 2. The Balaban J connectivity index is 1.57. The number of cyclic esters (lactones) is 1.